The minimum absolute atomic E-state index is 0.0270. The van der Waals surface area contributed by atoms with Crippen molar-refractivity contribution in [1.82, 2.24) is 15.2 Å². The Balaban J connectivity index is 1.80. The molecule has 3 atom stereocenters. The molecule has 1 aromatic heterocycles. The van der Waals surface area contributed by atoms with Crippen LogP contribution in [-0.4, -0.2) is 80.7 Å². The number of oxime groups is 1. The number of nitrogens with two attached hydrogens (primary N) is 2. The van der Waals surface area contributed by atoms with Crippen LogP contribution in [0.1, 0.15) is 39.3 Å². The molecule has 0 aliphatic carbocycles. The fourth-order valence-corrected chi connectivity index (χ4v) is 5.88. The summed E-state index contributed by atoms with van der Waals surface area (Å²) in [4.78, 5) is 67.6. The highest BCUT2D eigenvalue weighted by molar-refractivity contribution is 8.00. The molecule has 1 aromatic rings. The Kier molecular flexibility index (Phi) is 10.7. The second-order valence-electron chi connectivity index (χ2n) is 8.71. The van der Waals surface area contributed by atoms with Gasteiger partial charge in [0.15, 0.2) is 10.8 Å². The second-order valence-corrected chi connectivity index (χ2v) is 10.7. The van der Waals surface area contributed by atoms with E-state index in [4.69, 9.17) is 20.9 Å². The quantitative estimate of drug-likeness (QED) is 0.0651. The SMILES string of the molecule is CCC(CC)C(=O)OC(C)OC(=O)C1=C(/C=C\COC(N)=O)CS[C@@H]2C(NC(=O)/C(=N\O)c3csc(N)n3)C(=O)N12. The number of amides is 3. The molecule has 41 heavy (non-hydrogen) atoms. The Labute approximate surface area is 242 Å². The number of hydrogen-bond donors (Lipinski definition) is 4. The van der Waals surface area contributed by atoms with Crippen molar-refractivity contribution in [2.75, 3.05) is 18.1 Å². The Morgan fingerprint density at radius 2 is 2.00 bits per heavy atom. The number of thiazole rings is 1. The van der Waals surface area contributed by atoms with Crippen LogP contribution in [0.2, 0.25) is 0 Å². The van der Waals surface area contributed by atoms with Gasteiger partial charge in [0, 0.05) is 18.1 Å². The maximum absolute atomic E-state index is 13.3. The second kappa shape index (κ2) is 14.0. The molecular weight excluding hydrogens is 580 g/mol. The van der Waals surface area contributed by atoms with Crippen molar-refractivity contribution in [2.24, 2.45) is 16.8 Å². The molecule has 0 aromatic carbocycles. The minimum Gasteiger partial charge on any atom is -0.445 e. The monoisotopic (exact) mass is 610 g/mol. The van der Waals surface area contributed by atoms with Gasteiger partial charge in [-0.1, -0.05) is 25.1 Å². The van der Waals surface area contributed by atoms with E-state index in [-0.39, 0.29) is 34.8 Å². The summed E-state index contributed by atoms with van der Waals surface area (Å²) in [6.07, 6.45) is 1.77. The maximum atomic E-state index is 13.3. The molecule has 3 rings (SSSR count). The van der Waals surface area contributed by atoms with E-state index in [9.17, 15) is 29.2 Å². The van der Waals surface area contributed by atoms with Crippen LogP contribution in [-0.2, 0) is 33.4 Å². The van der Waals surface area contributed by atoms with E-state index in [1.165, 1.54) is 36.2 Å². The van der Waals surface area contributed by atoms with Crippen LogP contribution < -0.4 is 16.8 Å². The third kappa shape index (κ3) is 7.35. The van der Waals surface area contributed by atoms with Gasteiger partial charge in [0.05, 0.1) is 5.92 Å². The predicted molar refractivity (Wildman–Crippen MR) is 147 cm³/mol. The summed E-state index contributed by atoms with van der Waals surface area (Å²) in [5, 5.41) is 15.7. The molecule has 0 saturated carbocycles. The van der Waals surface area contributed by atoms with Gasteiger partial charge < -0.3 is 36.2 Å². The first kappa shape index (κ1) is 31.4. The summed E-state index contributed by atoms with van der Waals surface area (Å²) in [6, 6.07) is -1.07. The first-order chi connectivity index (χ1) is 19.5. The van der Waals surface area contributed by atoms with Crippen LogP contribution in [0.25, 0.3) is 0 Å². The lowest BCUT2D eigenvalue weighted by Crippen LogP contribution is -2.71. The van der Waals surface area contributed by atoms with Crippen LogP contribution >= 0.6 is 23.1 Å². The van der Waals surface area contributed by atoms with Crippen molar-refractivity contribution in [1.29, 1.82) is 0 Å². The molecular formula is C24H30N6O9S2. The fourth-order valence-electron chi connectivity index (χ4n) is 4.01. The van der Waals surface area contributed by atoms with Gasteiger partial charge in [-0.15, -0.1) is 23.1 Å². The topological polar surface area (TPSA) is 226 Å². The molecule has 1 fully saturated rings. The fraction of sp³-hybridized carbons (Fsp3) is 0.458. The molecule has 1 saturated heterocycles. The average molecular weight is 611 g/mol. The van der Waals surface area contributed by atoms with E-state index in [1.54, 1.807) is 0 Å². The normalized spacial score (nSPS) is 19.5. The molecule has 0 bridgehead atoms. The number of nitrogens with one attached hydrogen (secondary N) is 1. The summed E-state index contributed by atoms with van der Waals surface area (Å²) >= 11 is 2.27. The molecule has 17 heteroatoms. The predicted octanol–water partition coefficient (Wildman–Crippen LogP) is 1.08. The van der Waals surface area contributed by atoms with Crippen molar-refractivity contribution in [3.05, 3.63) is 34.5 Å². The summed E-state index contributed by atoms with van der Waals surface area (Å²) in [5.74, 6) is -3.13. The number of ether oxygens (including phenoxy) is 3. The molecule has 3 heterocycles. The number of primary amides is 1. The number of allylic oxidation sites excluding steroid dienone is 1. The van der Waals surface area contributed by atoms with Crippen molar-refractivity contribution < 1.29 is 43.4 Å². The van der Waals surface area contributed by atoms with Gasteiger partial charge in [-0.05, 0) is 24.5 Å². The lowest BCUT2D eigenvalue weighted by Gasteiger charge is -2.49. The molecule has 2 unspecified atom stereocenters. The number of β-lactam (4-membered cyclic amide) rings is 1. The molecule has 2 aliphatic rings. The zero-order valence-electron chi connectivity index (χ0n) is 22.4. The van der Waals surface area contributed by atoms with Crippen molar-refractivity contribution >= 4 is 63.8 Å². The van der Waals surface area contributed by atoms with E-state index >= 15 is 0 Å². The van der Waals surface area contributed by atoms with E-state index in [0.29, 0.717) is 18.4 Å². The number of aromatic nitrogens is 1. The third-order valence-corrected chi connectivity index (χ3v) is 8.05. The number of carbonyl (C=O) groups excluding carboxylic acids is 5. The van der Waals surface area contributed by atoms with Crippen LogP contribution in [0.4, 0.5) is 9.93 Å². The molecule has 2 aliphatic heterocycles. The first-order valence-electron chi connectivity index (χ1n) is 12.4. The van der Waals surface area contributed by atoms with E-state index in [2.05, 4.69) is 20.2 Å². The Morgan fingerprint density at radius 1 is 1.29 bits per heavy atom. The highest BCUT2D eigenvalue weighted by Gasteiger charge is 2.54. The van der Waals surface area contributed by atoms with Gasteiger partial charge in [0.25, 0.3) is 11.8 Å². The lowest BCUT2D eigenvalue weighted by atomic mass is 10.0. The van der Waals surface area contributed by atoms with Crippen LogP contribution in [0.3, 0.4) is 0 Å². The van der Waals surface area contributed by atoms with Gasteiger partial charge >= 0.3 is 18.0 Å². The number of thioether (sulfide) groups is 1. The molecule has 3 amide bonds. The number of nitrogens with zero attached hydrogens (tertiary/aromatic N) is 3. The minimum atomic E-state index is -1.25. The van der Waals surface area contributed by atoms with Gasteiger partial charge in [-0.25, -0.2) is 14.6 Å². The van der Waals surface area contributed by atoms with Crippen LogP contribution in [0.15, 0.2) is 34.0 Å². The number of rotatable bonds is 12. The summed E-state index contributed by atoms with van der Waals surface area (Å²) in [5.41, 5.74) is 10.4. The van der Waals surface area contributed by atoms with Crippen LogP contribution in [0.5, 0.6) is 0 Å². The first-order valence-corrected chi connectivity index (χ1v) is 14.4. The van der Waals surface area contributed by atoms with E-state index in [1.807, 2.05) is 13.8 Å². The largest absolute Gasteiger partial charge is 0.445 e. The van der Waals surface area contributed by atoms with Gasteiger partial charge in [-0.3, -0.25) is 19.3 Å². The molecule has 222 valence electrons. The zero-order chi connectivity index (χ0) is 30.3. The summed E-state index contributed by atoms with van der Waals surface area (Å²) < 4.78 is 15.3. The highest BCUT2D eigenvalue weighted by atomic mass is 32.2. The Hall–Kier alpha value is -4.12. The summed E-state index contributed by atoms with van der Waals surface area (Å²) in [7, 11) is 0. The van der Waals surface area contributed by atoms with Crippen molar-refractivity contribution in [3.63, 3.8) is 0 Å². The van der Waals surface area contributed by atoms with Gasteiger partial charge in [0.1, 0.15) is 29.4 Å². The zero-order valence-corrected chi connectivity index (χ0v) is 24.0. The number of hydrogen-bond acceptors (Lipinski definition) is 14. The third-order valence-electron chi connectivity index (χ3n) is 6.07. The van der Waals surface area contributed by atoms with Crippen LogP contribution in [0, 0.1) is 5.92 Å². The molecule has 0 radical (unpaired) electrons. The highest BCUT2D eigenvalue weighted by Crippen LogP contribution is 2.41. The van der Waals surface area contributed by atoms with Crippen molar-refractivity contribution in [3.8, 4) is 0 Å². The Morgan fingerprint density at radius 3 is 2.59 bits per heavy atom. The lowest BCUT2D eigenvalue weighted by molar-refractivity contribution is -0.187. The number of carbonyl (C=O) groups is 5. The summed E-state index contributed by atoms with van der Waals surface area (Å²) in [6.45, 7) is 4.87. The standard InChI is InChI=1S/C24H30N6O9S2/c1-4-12(5-2)21(33)38-11(3)39-22(34)17-13(7-6-8-37-24(26)35)9-40-20-16(19(32)30(17)20)28-18(31)15(29-36)14-10-41-23(25)27-14/h6-7,10-12,16,20,36H,4-5,8-9H2,1-3H3,(H2,25,27)(H2,26,35)(H,28,31)/b7-6-,29-15-/t11?,16?,20-/m1/s1. The number of anilines is 1. The maximum Gasteiger partial charge on any atom is 0.404 e. The van der Waals surface area contributed by atoms with Gasteiger partial charge in [0.2, 0.25) is 6.29 Å². The number of fused-ring (bicyclic) bond motifs is 1. The van der Waals surface area contributed by atoms with E-state index in [0.717, 1.165) is 16.2 Å². The van der Waals surface area contributed by atoms with E-state index < -0.39 is 53.3 Å². The Bertz CT molecular complexity index is 1290. The van der Waals surface area contributed by atoms with Crippen molar-refractivity contribution in [2.45, 2.75) is 51.3 Å². The van der Waals surface area contributed by atoms with Gasteiger partial charge in [-0.2, -0.15) is 0 Å². The average Bonchev–Trinajstić information content (AvgIpc) is 3.35. The number of esters is 2. The molecule has 0 spiro atoms. The smallest absolute Gasteiger partial charge is 0.404 e. The number of nitrogen functional groups attached to an aromatic ring is 1. The molecule has 6 N–H and O–H groups in total. The molecule has 15 nitrogen and oxygen atoms in total.